The van der Waals surface area contributed by atoms with Crippen LogP contribution in [0.25, 0.3) is 10.4 Å². The lowest BCUT2D eigenvalue weighted by Crippen LogP contribution is -2.46. The van der Waals surface area contributed by atoms with Crippen LogP contribution in [-0.4, -0.2) is 38.4 Å². The van der Waals surface area contributed by atoms with Crippen LogP contribution in [0.1, 0.15) is 45.4 Å². The highest BCUT2D eigenvalue weighted by Gasteiger charge is 2.36. The number of carbonyl (C=O) groups excluding carboxylic acids is 2. The summed E-state index contributed by atoms with van der Waals surface area (Å²) >= 11 is 1.22. The van der Waals surface area contributed by atoms with Crippen molar-refractivity contribution in [1.82, 2.24) is 0 Å². The molecular weight excluding hydrogens is 464 g/mol. The molecule has 1 aliphatic carbocycles. The van der Waals surface area contributed by atoms with Gasteiger partial charge in [0.05, 0.1) is 7.11 Å². The lowest BCUT2D eigenvalue weighted by Gasteiger charge is -2.37. The second kappa shape index (κ2) is 10.8. The fourth-order valence-corrected chi connectivity index (χ4v) is 5.78. The highest BCUT2D eigenvalue weighted by atomic mass is 32.1. The molecule has 0 spiro atoms. The van der Waals surface area contributed by atoms with Gasteiger partial charge < -0.3 is 14.2 Å². The van der Waals surface area contributed by atoms with Crippen molar-refractivity contribution in [3.63, 3.8) is 0 Å². The molecule has 1 saturated carbocycles. The smallest absolute Gasteiger partial charge is 0.437 e. The van der Waals surface area contributed by atoms with Crippen molar-refractivity contribution in [1.29, 1.82) is 0 Å². The molecule has 1 saturated heterocycles. The number of methoxy groups -OCH3 is 1. The van der Waals surface area contributed by atoms with Gasteiger partial charge in [0, 0.05) is 36.1 Å². The first-order valence-electron chi connectivity index (χ1n) is 11.6. The third-order valence-corrected chi connectivity index (χ3v) is 7.79. The molecule has 6 nitrogen and oxygen atoms in total. The van der Waals surface area contributed by atoms with Crippen LogP contribution in [0.3, 0.4) is 0 Å². The van der Waals surface area contributed by atoms with E-state index in [0.717, 1.165) is 37.8 Å². The second-order valence-electron chi connectivity index (χ2n) is 8.97. The first-order valence-corrected chi connectivity index (χ1v) is 12.4. The van der Waals surface area contributed by atoms with Crippen molar-refractivity contribution < 1.29 is 32.6 Å². The molecular formula is C25H29F2NO5S. The zero-order valence-electron chi connectivity index (χ0n) is 19.4. The van der Waals surface area contributed by atoms with Crippen LogP contribution in [0.4, 0.5) is 18.6 Å². The van der Waals surface area contributed by atoms with Gasteiger partial charge in [-0.25, -0.2) is 13.6 Å². The predicted octanol–water partition coefficient (Wildman–Crippen LogP) is 6.18. The molecule has 1 aliphatic heterocycles. The number of rotatable bonds is 5. The topological polar surface area (TPSA) is 65.1 Å². The molecule has 1 aromatic carbocycles. The number of thiophene rings is 1. The first kappa shape index (κ1) is 24.6. The van der Waals surface area contributed by atoms with E-state index in [-0.39, 0.29) is 23.6 Å². The molecule has 0 unspecified atom stereocenters. The second-order valence-corrected chi connectivity index (χ2v) is 10.0. The van der Waals surface area contributed by atoms with Gasteiger partial charge in [-0.2, -0.15) is 0 Å². The molecule has 0 radical (unpaired) electrons. The van der Waals surface area contributed by atoms with Gasteiger partial charge in [-0.05, 0) is 62.1 Å². The highest BCUT2D eigenvalue weighted by Crippen LogP contribution is 2.46. The average Bonchev–Trinajstić information content (AvgIpc) is 3.25. The number of nitrogens with zero attached hydrogens (tertiary/aromatic N) is 1. The number of benzene rings is 1. The fourth-order valence-electron chi connectivity index (χ4n) is 4.62. The largest absolute Gasteiger partial charge is 0.513 e. The Kier molecular flexibility index (Phi) is 7.83. The number of hydrogen-bond acceptors (Lipinski definition) is 6. The minimum absolute atomic E-state index is 0.00667. The number of amides is 1. The lowest BCUT2D eigenvalue weighted by atomic mass is 9.82. The summed E-state index contributed by atoms with van der Waals surface area (Å²) in [5.74, 6) is -1.26. The third-order valence-electron chi connectivity index (χ3n) is 6.62. The minimum atomic E-state index is -0.975. The van der Waals surface area contributed by atoms with Gasteiger partial charge in [0.2, 0.25) is 5.91 Å². The number of hydrogen-bond donors (Lipinski definition) is 0. The van der Waals surface area contributed by atoms with Gasteiger partial charge >= 0.3 is 6.16 Å². The van der Waals surface area contributed by atoms with Crippen molar-refractivity contribution >= 4 is 28.4 Å². The van der Waals surface area contributed by atoms with Crippen LogP contribution in [0.2, 0.25) is 0 Å². The van der Waals surface area contributed by atoms with E-state index in [9.17, 15) is 18.4 Å². The maximum absolute atomic E-state index is 13.9. The molecule has 2 fully saturated rings. The Labute approximate surface area is 201 Å². The van der Waals surface area contributed by atoms with Crippen LogP contribution in [0, 0.1) is 23.5 Å². The Hall–Kier alpha value is -2.52. The number of carbonyl (C=O) groups is 2. The Balaban J connectivity index is 1.76. The van der Waals surface area contributed by atoms with E-state index >= 15 is 0 Å². The van der Waals surface area contributed by atoms with Crippen molar-refractivity contribution in [3.8, 4) is 16.2 Å². The number of ether oxygens (including phenoxy) is 3. The molecule has 2 aromatic rings. The van der Waals surface area contributed by atoms with Gasteiger partial charge in [0.25, 0.3) is 0 Å². The Morgan fingerprint density at radius 1 is 1.03 bits per heavy atom. The van der Waals surface area contributed by atoms with Gasteiger partial charge in [0.15, 0.2) is 17.4 Å². The van der Waals surface area contributed by atoms with Crippen molar-refractivity contribution in [2.75, 3.05) is 25.2 Å². The van der Waals surface area contributed by atoms with Crippen molar-refractivity contribution in [2.24, 2.45) is 11.8 Å². The zero-order valence-corrected chi connectivity index (χ0v) is 20.2. The Bertz CT molecular complexity index is 1030. The molecule has 1 amide bonds. The average molecular weight is 494 g/mol. The highest BCUT2D eigenvalue weighted by molar-refractivity contribution is 7.20. The van der Waals surface area contributed by atoms with Crippen LogP contribution in [-0.2, 0) is 14.3 Å². The summed E-state index contributed by atoms with van der Waals surface area (Å²) in [5, 5.41) is 0.473. The quantitative estimate of drug-likeness (QED) is 0.466. The van der Waals surface area contributed by atoms with E-state index < -0.39 is 17.8 Å². The zero-order chi connectivity index (χ0) is 24.2. The van der Waals surface area contributed by atoms with Gasteiger partial charge in [-0.1, -0.05) is 13.0 Å². The van der Waals surface area contributed by atoms with Gasteiger partial charge in [0.1, 0.15) is 5.00 Å². The van der Waals surface area contributed by atoms with Gasteiger partial charge in [-0.3, -0.25) is 9.69 Å². The predicted molar refractivity (Wildman–Crippen MR) is 125 cm³/mol. The van der Waals surface area contributed by atoms with Crippen molar-refractivity contribution in [2.45, 2.75) is 51.5 Å². The van der Waals surface area contributed by atoms with Crippen LogP contribution >= 0.6 is 11.3 Å². The van der Waals surface area contributed by atoms with Crippen molar-refractivity contribution in [3.05, 3.63) is 35.9 Å². The van der Waals surface area contributed by atoms with E-state index in [1.54, 1.807) is 11.0 Å². The van der Waals surface area contributed by atoms with Gasteiger partial charge in [-0.15, -0.1) is 11.3 Å². The van der Waals surface area contributed by atoms with E-state index in [0.29, 0.717) is 47.4 Å². The van der Waals surface area contributed by atoms with Crippen LogP contribution < -0.4 is 9.64 Å². The normalized spacial score (nSPS) is 21.2. The molecule has 2 heterocycles. The van der Waals surface area contributed by atoms with E-state index in [2.05, 4.69) is 11.7 Å². The standard InChI is InChI=1S/C25H29F2NO5S/c1-15-3-5-16(6-4-15)23(29)28(18-9-11-32-12-10-18)24-21(33-25(30)31-2)14-22(34-24)17-7-8-19(26)20(27)13-17/h7-8,13-16,18H,3-6,9-12H2,1-2H3/t15-,16-. The Morgan fingerprint density at radius 3 is 2.38 bits per heavy atom. The summed E-state index contributed by atoms with van der Waals surface area (Å²) in [6, 6.07) is 5.06. The summed E-state index contributed by atoms with van der Waals surface area (Å²) in [5.41, 5.74) is 0.427. The summed E-state index contributed by atoms with van der Waals surface area (Å²) in [7, 11) is 1.20. The van der Waals surface area contributed by atoms with E-state index in [1.165, 1.54) is 24.5 Å². The molecule has 2 aliphatic rings. The molecule has 0 bridgehead atoms. The third kappa shape index (κ3) is 5.41. The SMILES string of the molecule is COC(=O)Oc1cc(-c2ccc(F)c(F)c2)sc1N(C(=O)[C@H]1CC[C@H](C)CC1)C1CCOCC1. The summed E-state index contributed by atoms with van der Waals surface area (Å²) in [6.07, 6.45) is 4.02. The summed E-state index contributed by atoms with van der Waals surface area (Å²) in [6.45, 7) is 3.27. The number of halogens is 2. The summed E-state index contributed by atoms with van der Waals surface area (Å²) in [4.78, 5) is 28.2. The molecule has 0 atom stereocenters. The first-order chi connectivity index (χ1) is 16.4. The number of anilines is 1. The minimum Gasteiger partial charge on any atom is -0.437 e. The maximum Gasteiger partial charge on any atom is 0.513 e. The van der Waals surface area contributed by atoms with E-state index in [1.807, 2.05) is 0 Å². The maximum atomic E-state index is 13.9. The lowest BCUT2D eigenvalue weighted by molar-refractivity contribution is -0.124. The summed E-state index contributed by atoms with van der Waals surface area (Å²) < 4.78 is 43.1. The molecule has 4 rings (SSSR count). The molecule has 184 valence electrons. The van der Waals surface area contributed by atoms with Crippen LogP contribution in [0.5, 0.6) is 5.75 Å². The molecule has 1 aromatic heterocycles. The fraction of sp³-hybridized carbons (Fsp3) is 0.520. The Morgan fingerprint density at radius 2 is 1.74 bits per heavy atom. The molecule has 34 heavy (non-hydrogen) atoms. The van der Waals surface area contributed by atoms with E-state index in [4.69, 9.17) is 9.47 Å². The van der Waals surface area contributed by atoms with Crippen LogP contribution in [0.15, 0.2) is 24.3 Å². The monoisotopic (exact) mass is 493 g/mol. The molecule has 0 N–H and O–H groups in total. The molecule has 9 heteroatoms.